The first kappa shape index (κ1) is 43.8. The van der Waals surface area contributed by atoms with Crippen molar-refractivity contribution >= 4 is 60.7 Å². The summed E-state index contributed by atoms with van der Waals surface area (Å²) in [5.74, 6) is 0. The number of nitrogens with zero attached hydrogens (tertiary/aromatic N) is 3. The zero-order valence-electron chi connectivity index (χ0n) is 41.1. The summed E-state index contributed by atoms with van der Waals surface area (Å²) in [4.78, 5) is 2.32. The van der Waals surface area contributed by atoms with Gasteiger partial charge < -0.3 is 14.0 Å². The first-order chi connectivity index (χ1) is 37.2. The Labute approximate surface area is 436 Å². The lowest BCUT2D eigenvalue weighted by Crippen LogP contribution is -2.09. The van der Waals surface area contributed by atoms with Gasteiger partial charge in [0.1, 0.15) is 0 Å². The minimum Gasteiger partial charge on any atom is -0.311 e. The molecule has 0 fully saturated rings. The molecule has 0 atom stereocenters. The van der Waals surface area contributed by atoms with E-state index in [0.717, 1.165) is 56.3 Å². The lowest BCUT2D eigenvalue weighted by molar-refractivity contribution is 1.18. The minimum atomic E-state index is 1.10. The first-order valence-electron chi connectivity index (χ1n) is 25.7. The summed E-state index contributed by atoms with van der Waals surface area (Å²) in [5, 5.41) is 4.97. The summed E-state index contributed by atoms with van der Waals surface area (Å²) in [6.07, 6.45) is 0. The monoisotopic (exact) mass is 955 g/mol. The van der Waals surface area contributed by atoms with Crippen LogP contribution in [0, 0.1) is 0 Å². The molecule has 352 valence electrons. The molecule has 0 saturated carbocycles. The Morgan fingerprint density at radius 3 is 0.920 bits per heavy atom. The standard InChI is InChI=1S/C72H49N3/c1-5-17-50(18-6-1)52-33-39-63(40-34-52)73(60-19-7-2-8-20-60)64-41-35-53(36-42-64)51-29-31-54(32-30-51)57-45-58(55-37-43-67-65-25-13-15-27-69(65)74(71(67)48-55)61-21-9-3-10-22-61)47-59(46-57)56-38-44-68-66-26-14-16-28-70(66)75(72(68)49-56)62-23-11-4-12-24-62/h1-49H. The number of benzene rings is 12. The summed E-state index contributed by atoms with van der Waals surface area (Å²) in [7, 11) is 0. The van der Waals surface area contributed by atoms with Crippen LogP contribution >= 0.6 is 0 Å². The third-order valence-corrected chi connectivity index (χ3v) is 14.9. The van der Waals surface area contributed by atoms with Crippen LogP contribution in [0.3, 0.4) is 0 Å². The molecule has 2 heterocycles. The molecule has 14 aromatic rings. The van der Waals surface area contributed by atoms with Gasteiger partial charge >= 0.3 is 0 Å². The second-order valence-electron chi connectivity index (χ2n) is 19.3. The van der Waals surface area contributed by atoms with E-state index in [-0.39, 0.29) is 0 Å². The fraction of sp³-hybridized carbons (Fsp3) is 0. The Hall–Kier alpha value is -9.96. The van der Waals surface area contributed by atoms with E-state index < -0.39 is 0 Å². The molecule has 3 heteroatoms. The Morgan fingerprint density at radius 1 is 0.187 bits per heavy atom. The maximum absolute atomic E-state index is 2.41. The molecule has 0 amide bonds. The van der Waals surface area contributed by atoms with Crippen molar-refractivity contribution < 1.29 is 0 Å². The number of rotatable bonds is 10. The van der Waals surface area contributed by atoms with Gasteiger partial charge in [0, 0.05) is 50.0 Å². The number of anilines is 3. The third kappa shape index (κ3) is 7.95. The minimum absolute atomic E-state index is 1.10. The van der Waals surface area contributed by atoms with Gasteiger partial charge in [0.2, 0.25) is 0 Å². The lowest BCUT2D eigenvalue weighted by Gasteiger charge is -2.26. The molecule has 3 nitrogen and oxygen atoms in total. The van der Waals surface area contributed by atoms with Crippen molar-refractivity contribution in [3.63, 3.8) is 0 Å². The van der Waals surface area contributed by atoms with Crippen LogP contribution in [0.4, 0.5) is 17.1 Å². The Morgan fingerprint density at radius 2 is 0.480 bits per heavy atom. The average molecular weight is 956 g/mol. The largest absolute Gasteiger partial charge is 0.311 e. The van der Waals surface area contributed by atoms with Gasteiger partial charge in [0.15, 0.2) is 0 Å². The molecule has 0 aliphatic rings. The number of aromatic nitrogens is 2. The number of para-hydroxylation sites is 5. The van der Waals surface area contributed by atoms with Crippen LogP contribution in [0.5, 0.6) is 0 Å². The van der Waals surface area contributed by atoms with Crippen LogP contribution in [0.2, 0.25) is 0 Å². The Kier molecular flexibility index (Phi) is 10.8. The second kappa shape index (κ2) is 18.6. The van der Waals surface area contributed by atoms with Crippen molar-refractivity contribution in [3.05, 3.63) is 297 Å². The summed E-state index contributed by atoms with van der Waals surface area (Å²) >= 11 is 0. The zero-order chi connectivity index (χ0) is 49.7. The quantitative estimate of drug-likeness (QED) is 0.133. The van der Waals surface area contributed by atoms with Gasteiger partial charge in [-0.25, -0.2) is 0 Å². The van der Waals surface area contributed by atoms with Gasteiger partial charge in [-0.3, -0.25) is 0 Å². The van der Waals surface area contributed by atoms with Gasteiger partial charge in [0.05, 0.1) is 22.1 Å². The predicted molar refractivity (Wildman–Crippen MR) is 317 cm³/mol. The normalized spacial score (nSPS) is 11.5. The predicted octanol–water partition coefficient (Wildman–Crippen LogP) is 19.7. The molecule has 12 aromatic carbocycles. The molecule has 14 rings (SSSR count). The fourth-order valence-corrected chi connectivity index (χ4v) is 11.3. The van der Waals surface area contributed by atoms with Crippen molar-refractivity contribution in [1.29, 1.82) is 0 Å². The van der Waals surface area contributed by atoms with Gasteiger partial charge in [-0.15, -0.1) is 0 Å². The molecule has 0 spiro atoms. The topological polar surface area (TPSA) is 13.1 Å². The Bertz CT molecular complexity index is 4170. The number of fused-ring (bicyclic) bond motifs is 6. The van der Waals surface area contributed by atoms with E-state index in [2.05, 4.69) is 311 Å². The van der Waals surface area contributed by atoms with Crippen LogP contribution in [0.1, 0.15) is 0 Å². The highest BCUT2D eigenvalue weighted by atomic mass is 15.1. The van der Waals surface area contributed by atoms with Crippen molar-refractivity contribution in [1.82, 2.24) is 9.13 Å². The maximum Gasteiger partial charge on any atom is 0.0547 e. The Balaban J connectivity index is 0.866. The summed E-state index contributed by atoms with van der Waals surface area (Å²) in [5.41, 5.74) is 22.1. The smallest absolute Gasteiger partial charge is 0.0547 e. The van der Waals surface area contributed by atoms with Gasteiger partial charge in [-0.05, 0) is 159 Å². The highest BCUT2D eigenvalue weighted by Crippen LogP contribution is 2.42. The average Bonchev–Trinajstić information content (AvgIpc) is 4.03. The molecule has 0 aliphatic heterocycles. The molecular weight excluding hydrogens is 907 g/mol. The van der Waals surface area contributed by atoms with Crippen molar-refractivity contribution in [2.24, 2.45) is 0 Å². The molecule has 75 heavy (non-hydrogen) atoms. The molecule has 0 saturated heterocycles. The van der Waals surface area contributed by atoms with Gasteiger partial charge in [-0.2, -0.15) is 0 Å². The van der Waals surface area contributed by atoms with E-state index in [4.69, 9.17) is 0 Å². The molecule has 0 unspecified atom stereocenters. The third-order valence-electron chi connectivity index (χ3n) is 14.9. The fourth-order valence-electron chi connectivity index (χ4n) is 11.3. The van der Waals surface area contributed by atoms with E-state index in [1.807, 2.05) is 0 Å². The first-order valence-corrected chi connectivity index (χ1v) is 25.7. The van der Waals surface area contributed by atoms with Crippen molar-refractivity contribution in [2.45, 2.75) is 0 Å². The molecule has 0 radical (unpaired) electrons. The second-order valence-corrected chi connectivity index (χ2v) is 19.3. The molecule has 0 N–H and O–H groups in total. The van der Waals surface area contributed by atoms with Gasteiger partial charge in [-0.1, -0.05) is 194 Å². The van der Waals surface area contributed by atoms with Crippen LogP contribution in [-0.4, -0.2) is 9.13 Å². The van der Waals surface area contributed by atoms with E-state index in [0.29, 0.717) is 0 Å². The molecule has 2 aromatic heterocycles. The summed E-state index contributed by atoms with van der Waals surface area (Å²) < 4.78 is 4.81. The van der Waals surface area contributed by atoms with E-state index in [1.54, 1.807) is 0 Å². The number of hydrogen-bond acceptors (Lipinski definition) is 1. The maximum atomic E-state index is 2.41. The van der Waals surface area contributed by atoms with E-state index in [1.165, 1.54) is 71.4 Å². The molecule has 0 bridgehead atoms. The van der Waals surface area contributed by atoms with Crippen LogP contribution in [0.25, 0.3) is 111 Å². The lowest BCUT2D eigenvalue weighted by atomic mass is 9.92. The zero-order valence-corrected chi connectivity index (χ0v) is 41.1. The van der Waals surface area contributed by atoms with Crippen LogP contribution in [0.15, 0.2) is 297 Å². The van der Waals surface area contributed by atoms with Gasteiger partial charge in [0.25, 0.3) is 0 Å². The van der Waals surface area contributed by atoms with Crippen LogP contribution < -0.4 is 4.90 Å². The summed E-state index contributed by atoms with van der Waals surface area (Å²) in [6, 6.07) is 108. The SMILES string of the molecule is c1ccc(-c2ccc(N(c3ccccc3)c3ccc(-c4ccc(-c5cc(-c6ccc7c8ccccc8n(-c8ccccc8)c7c6)cc(-c6ccc7c8ccccc8n(-c8ccccc8)c7c6)c5)cc4)cc3)cc2)cc1. The van der Waals surface area contributed by atoms with E-state index in [9.17, 15) is 0 Å². The summed E-state index contributed by atoms with van der Waals surface area (Å²) in [6.45, 7) is 0. The van der Waals surface area contributed by atoms with E-state index >= 15 is 0 Å². The highest BCUT2D eigenvalue weighted by molar-refractivity contribution is 6.11. The number of hydrogen-bond donors (Lipinski definition) is 0. The highest BCUT2D eigenvalue weighted by Gasteiger charge is 2.18. The van der Waals surface area contributed by atoms with Crippen LogP contribution in [-0.2, 0) is 0 Å². The van der Waals surface area contributed by atoms with Crippen molar-refractivity contribution in [3.8, 4) is 67.0 Å². The molecular formula is C72H49N3. The van der Waals surface area contributed by atoms with Crippen molar-refractivity contribution in [2.75, 3.05) is 4.90 Å². The molecule has 0 aliphatic carbocycles.